The van der Waals surface area contributed by atoms with Gasteiger partial charge in [0.25, 0.3) is 15.9 Å². The van der Waals surface area contributed by atoms with E-state index in [2.05, 4.69) is 10.5 Å². The Morgan fingerprint density at radius 1 is 0.946 bits per heavy atom. The number of nitrogens with zero attached hydrogens (tertiary/aromatic N) is 3. The van der Waals surface area contributed by atoms with Crippen LogP contribution in [0.1, 0.15) is 17.0 Å². The SMILES string of the molecule is Cc1cc(/C=N/NC(=O)CN(c2cccc(Cl)c2)S(=O)(=O)c2ccccc2)c(C)n1-c1ccc(Cl)cc1. The highest BCUT2D eigenvalue weighted by atomic mass is 35.5. The van der Waals surface area contributed by atoms with E-state index in [1.807, 2.05) is 48.7 Å². The number of carbonyl (C=O) groups excluding carboxylic acids is 1. The van der Waals surface area contributed by atoms with Crippen molar-refractivity contribution in [2.75, 3.05) is 10.8 Å². The summed E-state index contributed by atoms with van der Waals surface area (Å²) >= 11 is 12.1. The van der Waals surface area contributed by atoms with Gasteiger partial charge in [0, 0.05) is 32.7 Å². The summed E-state index contributed by atoms with van der Waals surface area (Å²) in [4.78, 5) is 12.9. The van der Waals surface area contributed by atoms with Crippen molar-refractivity contribution in [1.82, 2.24) is 9.99 Å². The number of sulfonamides is 1. The van der Waals surface area contributed by atoms with Gasteiger partial charge in [-0.1, -0.05) is 47.5 Å². The maximum absolute atomic E-state index is 13.4. The summed E-state index contributed by atoms with van der Waals surface area (Å²) in [5.74, 6) is -0.609. The van der Waals surface area contributed by atoms with Gasteiger partial charge in [0.2, 0.25) is 0 Å². The van der Waals surface area contributed by atoms with Gasteiger partial charge in [-0.05, 0) is 74.5 Å². The number of hydrogen-bond acceptors (Lipinski definition) is 4. The van der Waals surface area contributed by atoms with Crippen LogP contribution in [0.25, 0.3) is 5.69 Å². The first kappa shape index (κ1) is 26.5. The Morgan fingerprint density at radius 2 is 1.65 bits per heavy atom. The van der Waals surface area contributed by atoms with Crippen LogP contribution < -0.4 is 9.73 Å². The molecule has 10 heteroatoms. The minimum Gasteiger partial charge on any atom is -0.318 e. The first-order valence-electron chi connectivity index (χ1n) is 11.3. The Hall–Kier alpha value is -3.59. The molecule has 7 nitrogen and oxygen atoms in total. The summed E-state index contributed by atoms with van der Waals surface area (Å²) in [6.45, 7) is 3.42. The molecule has 1 amide bonds. The van der Waals surface area contributed by atoms with Crippen LogP contribution in [-0.2, 0) is 14.8 Å². The van der Waals surface area contributed by atoms with E-state index >= 15 is 0 Å². The van der Waals surface area contributed by atoms with Gasteiger partial charge in [0.1, 0.15) is 6.54 Å². The lowest BCUT2D eigenvalue weighted by molar-refractivity contribution is -0.119. The molecule has 4 aromatic rings. The second kappa shape index (κ2) is 11.2. The van der Waals surface area contributed by atoms with Crippen molar-refractivity contribution >= 4 is 51.0 Å². The second-order valence-corrected chi connectivity index (χ2v) is 11.0. The lowest BCUT2D eigenvalue weighted by Gasteiger charge is -2.23. The standard InChI is InChI=1S/C27H24Cl2N4O3S/c1-19-15-21(20(2)33(19)24-13-11-22(28)12-14-24)17-30-31-27(34)18-32(25-8-6-7-23(29)16-25)37(35,36)26-9-4-3-5-10-26/h3-17H,18H2,1-2H3,(H,31,34)/b30-17+. The zero-order valence-electron chi connectivity index (χ0n) is 20.1. The van der Waals surface area contributed by atoms with Gasteiger partial charge in [0.15, 0.2) is 0 Å². The van der Waals surface area contributed by atoms with Gasteiger partial charge in [0.05, 0.1) is 16.8 Å². The topological polar surface area (TPSA) is 83.8 Å². The molecule has 0 saturated carbocycles. The van der Waals surface area contributed by atoms with E-state index in [0.29, 0.717) is 10.0 Å². The van der Waals surface area contributed by atoms with Crippen LogP contribution in [0.2, 0.25) is 10.0 Å². The molecule has 0 saturated heterocycles. The van der Waals surface area contributed by atoms with Crippen molar-refractivity contribution in [3.63, 3.8) is 0 Å². The number of nitrogens with one attached hydrogen (secondary N) is 1. The number of anilines is 1. The predicted molar refractivity (Wildman–Crippen MR) is 148 cm³/mol. The number of carbonyl (C=O) groups is 1. The van der Waals surface area contributed by atoms with Crippen LogP contribution >= 0.6 is 23.2 Å². The Morgan fingerprint density at radius 3 is 2.32 bits per heavy atom. The largest absolute Gasteiger partial charge is 0.318 e. The molecule has 0 aliphatic heterocycles. The van der Waals surface area contributed by atoms with Crippen LogP contribution in [0.3, 0.4) is 0 Å². The maximum Gasteiger partial charge on any atom is 0.264 e. The Kier molecular flexibility index (Phi) is 8.02. The highest BCUT2D eigenvalue weighted by Gasteiger charge is 2.27. The third-order valence-corrected chi connectivity index (χ3v) is 7.94. The molecule has 0 spiro atoms. The summed E-state index contributed by atoms with van der Waals surface area (Å²) in [6.07, 6.45) is 1.53. The fourth-order valence-electron chi connectivity index (χ4n) is 3.91. The van der Waals surface area contributed by atoms with E-state index in [9.17, 15) is 13.2 Å². The molecule has 3 aromatic carbocycles. The fraction of sp³-hybridized carbons (Fsp3) is 0.111. The summed E-state index contributed by atoms with van der Waals surface area (Å²) < 4.78 is 29.8. The number of amides is 1. The summed E-state index contributed by atoms with van der Waals surface area (Å²) in [5.41, 5.74) is 6.36. The van der Waals surface area contributed by atoms with Gasteiger partial charge in [-0.2, -0.15) is 5.10 Å². The highest BCUT2D eigenvalue weighted by molar-refractivity contribution is 7.92. The number of hydrogen-bond donors (Lipinski definition) is 1. The Bertz CT molecular complexity index is 1550. The van der Waals surface area contributed by atoms with Crippen molar-refractivity contribution in [1.29, 1.82) is 0 Å². The number of hydrazone groups is 1. The van der Waals surface area contributed by atoms with E-state index in [0.717, 1.165) is 26.9 Å². The normalized spacial score (nSPS) is 11.6. The van der Waals surface area contributed by atoms with Crippen molar-refractivity contribution < 1.29 is 13.2 Å². The van der Waals surface area contributed by atoms with Crippen molar-refractivity contribution in [3.05, 3.63) is 112 Å². The van der Waals surface area contributed by atoms with Gasteiger partial charge < -0.3 is 4.57 Å². The van der Waals surface area contributed by atoms with Crippen LogP contribution in [-0.4, -0.2) is 31.7 Å². The molecule has 4 rings (SSSR count). The molecule has 0 aliphatic carbocycles. The second-order valence-electron chi connectivity index (χ2n) is 8.24. The first-order valence-corrected chi connectivity index (χ1v) is 13.5. The predicted octanol–water partition coefficient (Wildman–Crippen LogP) is 5.75. The van der Waals surface area contributed by atoms with E-state index in [1.165, 1.54) is 24.4 Å². The molecule has 37 heavy (non-hydrogen) atoms. The van der Waals surface area contributed by atoms with Crippen molar-refractivity contribution in [2.45, 2.75) is 18.7 Å². The lowest BCUT2D eigenvalue weighted by Crippen LogP contribution is -2.39. The number of halogens is 2. The van der Waals surface area contributed by atoms with E-state index in [1.54, 1.807) is 36.4 Å². The van der Waals surface area contributed by atoms with Gasteiger partial charge >= 0.3 is 0 Å². The van der Waals surface area contributed by atoms with Gasteiger partial charge in [-0.3, -0.25) is 9.10 Å². The molecular weight excluding hydrogens is 531 g/mol. The molecule has 0 unspecified atom stereocenters. The highest BCUT2D eigenvalue weighted by Crippen LogP contribution is 2.26. The third kappa shape index (κ3) is 6.05. The zero-order chi connectivity index (χ0) is 26.6. The molecule has 1 heterocycles. The Balaban J connectivity index is 1.54. The number of aryl methyl sites for hydroxylation is 1. The summed E-state index contributed by atoms with van der Waals surface area (Å²) in [7, 11) is -4.04. The third-order valence-electron chi connectivity index (χ3n) is 5.66. The minimum atomic E-state index is -4.04. The number of rotatable bonds is 8. The van der Waals surface area contributed by atoms with Gasteiger partial charge in [-0.15, -0.1) is 0 Å². The average Bonchev–Trinajstić information content (AvgIpc) is 3.16. The molecule has 0 bridgehead atoms. The van der Waals surface area contributed by atoms with Gasteiger partial charge in [-0.25, -0.2) is 13.8 Å². The molecule has 1 N–H and O–H groups in total. The number of aromatic nitrogens is 1. The van der Waals surface area contributed by atoms with Crippen LogP contribution in [0.5, 0.6) is 0 Å². The maximum atomic E-state index is 13.4. The molecule has 0 aliphatic rings. The van der Waals surface area contributed by atoms with Crippen LogP contribution in [0.4, 0.5) is 5.69 Å². The van der Waals surface area contributed by atoms with E-state index in [4.69, 9.17) is 23.2 Å². The Labute approximate surface area is 226 Å². The molecule has 0 fully saturated rings. The molecule has 0 radical (unpaired) electrons. The smallest absolute Gasteiger partial charge is 0.264 e. The fourth-order valence-corrected chi connectivity index (χ4v) is 5.66. The molecule has 1 aromatic heterocycles. The first-order chi connectivity index (χ1) is 17.7. The van der Waals surface area contributed by atoms with Crippen LogP contribution in [0.15, 0.2) is 94.9 Å². The van der Waals surface area contributed by atoms with Crippen LogP contribution in [0, 0.1) is 13.8 Å². The quantitative estimate of drug-likeness (QED) is 0.222. The molecule has 0 atom stereocenters. The monoisotopic (exact) mass is 554 g/mol. The van der Waals surface area contributed by atoms with E-state index < -0.39 is 22.5 Å². The average molecular weight is 555 g/mol. The van der Waals surface area contributed by atoms with Crippen molar-refractivity contribution in [2.24, 2.45) is 5.10 Å². The molecule has 190 valence electrons. The van der Waals surface area contributed by atoms with Crippen molar-refractivity contribution in [3.8, 4) is 5.69 Å². The lowest BCUT2D eigenvalue weighted by atomic mass is 10.2. The molecular formula is C27H24Cl2N4O3S. The summed E-state index contributed by atoms with van der Waals surface area (Å²) in [6, 6.07) is 23.6. The zero-order valence-corrected chi connectivity index (χ0v) is 22.4. The number of benzene rings is 3. The summed E-state index contributed by atoms with van der Waals surface area (Å²) in [5, 5.41) is 5.07. The minimum absolute atomic E-state index is 0.0564. The van der Waals surface area contributed by atoms with E-state index in [-0.39, 0.29) is 10.6 Å².